The third kappa shape index (κ3) is 7.66. The number of ketones is 1. The van der Waals surface area contributed by atoms with Gasteiger partial charge in [-0.2, -0.15) is 0 Å². The molecular weight excluding hydrogens is 456 g/mol. The van der Waals surface area contributed by atoms with Gasteiger partial charge in [0.25, 0.3) is 0 Å². The molecule has 0 aliphatic carbocycles. The van der Waals surface area contributed by atoms with E-state index in [0.29, 0.717) is 25.2 Å². The Labute approximate surface area is 213 Å². The summed E-state index contributed by atoms with van der Waals surface area (Å²) in [7, 11) is 5.51. The molecule has 0 saturated heterocycles. The molecule has 1 aromatic carbocycles. The van der Waals surface area contributed by atoms with E-state index >= 15 is 0 Å². The first-order valence-corrected chi connectivity index (χ1v) is 12.7. The van der Waals surface area contributed by atoms with Crippen LogP contribution in [-0.4, -0.2) is 52.9 Å². The van der Waals surface area contributed by atoms with E-state index in [1.807, 2.05) is 51.2 Å². The molecule has 0 bridgehead atoms. The zero-order valence-corrected chi connectivity index (χ0v) is 22.2. The summed E-state index contributed by atoms with van der Waals surface area (Å²) in [5.74, 6) is 1.75. The molecule has 3 rings (SSSR count). The lowest BCUT2D eigenvalue weighted by atomic mass is 10.0. The number of aromatic nitrogens is 3. The van der Waals surface area contributed by atoms with Gasteiger partial charge < -0.3 is 20.0 Å². The Hall–Kier alpha value is -3.17. The monoisotopic (exact) mass is 496 g/mol. The lowest BCUT2D eigenvalue weighted by Crippen LogP contribution is -2.31. The van der Waals surface area contributed by atoms with Crippen LogP contribution in [0.15, 0.2) is 24.4 Å². The zero-order chi connectivity index (χ0) is 26.1. The van der Waals surface area contributed by atoms with Gasteiger partial charge in [0.15, 0.2) is 0 Å². The molecule has 4 N–H and O–H groups in total. The fourth-order valence-electron chi connectivity index (χ4n) is 4.31. The average molecular weight is 497 g/mol. The van der Waals surface area contributed by atoms with Gasteiger partial charge in [-0.25, -0.2) is 10.4 Å². The van der Waals surface area contributed by atoms with Crippen LogP contribution in [0.3, 0.4) is 0 Å². The summed E-state index contributed by atoms with van der Waals surface area (Å²) in [5, 5.41) is 6.09. The van der Waals surface area contributed by atoms with Gasteiger partial charge in [0.05, 0.1) is 31.8 Å². The minimum atomic E-state index is -0.229. The summed E-state index contributed by atoms with van der Waals surface area (Å²) in [4.78, 5) is 36.1. The van der Waals surface area contributed by atoms with Crippen molar-refractivity contribution in [3.63, 3.8) is 0 Å². The molecule has 0 aliphatic rings. The minimum absolute atomic E-state index is 0.0580. The van der Waals surface area contributed by atoms with E-state index in [1.165, 1.54) is 0 Å². The summed E-state index contributed by atoms with van der Waals surface area (Å²) in [6, 6.07) is 5.62. The molecule has 0 aliphatic heterocycles. The molecule has 9 nitrogen and oxygen atoms in total. The van der Waals surface area contributed by atoms with E-state index in [1.54, 1.807) is 13.3 Å². The number of nitrogens with zero attached hydrogens (tertiary/aromatic N) is 2. The van der Waals surface area contributed by atoms with Crippen molar-refractivity contribution in [2.75, 3.05) is 21.2 Å². The van der Waals surface area contributed by atoms with Crippen molar-refractivity contribution in [3.8, 4) is 5.75 Å². The number of H-pyrrole nitrogens is 2. The van der Waals surface area contributed by atoms with Crippen LogP contribution in [-0.2, 0) is 22.6 Å². The van der Waals surface area contributed by atoms with Gasteiger partial charge in [0, 0.05) is 49.7 Å². The number of aromatic amines is 2. The highest BCUT2D eigenvalue weighted by Gasteiger charge is 2.20. The number of unbranched alkanes of at least 4 members (excludes halogenated alkanes) is 2. The molecule has 0 saturated carbocycles. The van der Waals surface area contributed by atoms with Crippen molar-refractivity contribution in [3.05, 3.63) is 47.2 Å². The molecule has 9 heteroatoms. The van der Waals surface area contributed by atoms with Crippen molar-refractivity contribution in [1.82, 2.24) is 30.7 Å². The van der Waals surface area contributed by atoms with Gasteiger partial charge in [-0.05, 0) is 43.5 Å². The van der Waals surface area contributed by atoms with Gasteiger partial charge in [-0.3, -0.25) is 14.6 Å². The van der Waals surface area contributed by atoms with Gasteiger partial charge >= 0.3 is 0 Å². The highest BCUT2D eigenvalue weighted by molar-refractivity contribution is 5.91. The minimum Gasteiger partial charge on any atom is -0.497 e. The molecular formula is C27H40N6O3. The number of methoxy groups -OCH3 is 1. The normalized spacial score (nSPS) is 12.3. The molecule has 36 heavy (non-hydrogen) atoms. The van der Waals surface area contributed by atoms with Crippen molar-refractivity contribution in [2.45, 2.75) is 71.4 Å². The molecule has 196 valence electrons. The molecule has 0 radical (unpaired) electrons. The maximum Gasteiger partial charge on any atom is 0.225 e. The van der Waals surface area contributed by atoms with Crippen molar-refractivity contribution < 1.29 is 14.3 Å². The van der Waals surface area contributed by atoms with Crippen LogP contribution in [0.1, 0.15) is 74.3 Å². The summed E-state index contributed by atoms with van der Waals surface area (Å²) < 4.78 is 5.38. The number of rotatable bonds is 15. The van der Waals surface area contributed by atoms with Crippen LogP contribution in [0.4, 0.5) is 0 Å². The van der Waals surface area contributed by atoms with Crippen LogP contribution in [0.2, 0.25) is 0 Å². The first-order chi connectivity index (χ1) is 17.3. The largest absolute Gasteiger partial charge is 0.497 e. The Morgan fingerprint density at radius 2 is 1.97 bits per heavy atom. The molecule has 1 unspecified atom stereocenters. The maximum absolute atomic E-state index is 13.2. The zero-order valence-electron chi connectivity index (χ0n) is 22.2. The summed E-state index contributed by atoms with van der Waals surface area (Å²) >= 11 is 0. The molecule has 0 spiro atoms. The van der Waals surface area contributed by atoms with Gasteiger partial charge in [0.1, 0.15) is 17.4 Å². The number of carbonyl (C=O) groups is 2. The number of benzene rings is 1. The fraction of sp³-hybridized carbons (Fsp3) is 0.519. The first-order valence-electron chi connectivity index (χ1n) is 12.7. The average Bonchev–Trinajstić information content (AvgIpc) is 3.45. The van der Waals surface area contributed by atoms with E-state index < -0.39 is 0 Å². The first kappa shape index (κ1) is 27.4. The fourth-order valence-corrected chi connectivity index (χ4v) is 4.31. The molecule has 2 aromatic heterocycles. The topological polar surface area (TPSA) is 115 Å². The number of nitrogens with one attached hydrogen (secondary N) is 4. The Morgan fingerprint density at radius 3 is 2.69 bits per heavy atom. The Morgan fingerprint density at radius 1 is 1.17 bits per heavy atom. The second kappa shape index (κ2) is 13.2. The number of hydrazine groups is 1. The van der Waals surface area contributed by atoms with Crippen molar-refractivity contribution in [1.29, 1.82) is 0 Å². The summed E-state index contributed by atoms with van der Waals surface area (Å²) in [6.07, 6.45) is 6.75. The Bertz CT molecular complexity index is 1150. The van der Waals surface area contributed by atoms with Crippen LogP contribution < -0.4 is 15.5 Å². The van der Waals surface area contributed by atoms with E-state index in [2.05, 4.69) is 25.7 Å². The lowest BCUT2D eigenvalue weighted by Gasteiger charge is -2.17. The predicted molar refractivity (Wildman–Crippen MR) is 142 cm³/mol. The number of hydrogen-bond donors (Lipinski definition) is 4. The van der Waals surface area contributed by atoms with Gasteiger partial charge in [-0.1, -0.05) is 19.8 Å². The number of hydrogen-bond acceptors (Lipinski definition) is 6. The van der Waals surface area contributed by atoms with Crippen LogP contribution >= 0.6 is 0 Å². The third-order valence-corrected chi connectivity index (χ3v) is 6.41. The highest BCUT2D eigenvalue weighted by atomic mass is 16.5. The van der Waals surface area contributed by atoms with E-state index in [4.69, 9.17) is 4.74 Å². The number of amides is 1. The lowest BCUT2D eigenvalue weighted by molar-refractivity contribution is -0.121. The van der Waals surface area contributed by atoms with Crippen LogP contribution in [0.5, 0.6) is 5.75 Å². The van der Waals surface area contributed by atoms with E-state index in [-0.39, 0.29) is 18.4 Å². The molecule has 2 heterocycles. The number of imidazole rings is 1. The Kier molecular flexibility index (Phi) is 10.1. The highest BCUT2D eigenvalue weighted by Crippen LogP contribution is 2.27. The van der Waals surface area contributed by atoms with Gasteiger partial charge in [0.2, 0.25) is 5.91 Å². The van der Waals surface area contributed by atoms with Gasteiger partial charge in [-0.15, -0.1) is 0 Å². The van der Waals surface area contributed by atoms with Crippen LogP contribution in [0, 0.1) is 6.92 Å². The third-order valence-electron chi connectivity index (χ3n) is 6.41. The number of aryl methyl sites for hydroxylation is 1. The molecule has 1 amide bonds. The van der Waals surface area contributed by atoms with Crippen molar-refractivity contribution >= 4 is 22.6 Å². The van der Waals surface area contributed by atoms with E-state index in [9.17, 15) is 9.59 Å². The van der Waals surface area contributed by atoms with Crippen molar-refractivity contribution in [2.24, 2.45) is 0 Å². The number of carbonyl (C=O) groups excluding carboxylic acids is 2. The molecule has 1 atom stereocenters. The Balaban J connectivity index is 1.70. The second-order valence-corrected chi connectivity index (χ2v) is 9.45. The number of ether oxygens (including phenoxy) is 1. The van der Waals surface area contributed by atoms with Crippen LogP contribution in [0.25, 0.3) is 10.9 Å². The maximum atomic E-state index is 13.2. The summed E-state index contributed by atoms with van der Waals surface area (Å²) in [5.41, 5.74) is 7.10. The second-order valence-electron chi connectivity index (χ2n) is 9.45. The van der Waals surface area contributed by atoms with E-state index in [0.717, 1.165) is 65.1 Å². The standard InChI is InChI=1S/C27H40N6O3/c1-6-20(34)10-8-7-9-11-25(27-28-16-19(31-27)17-29-33(3)4)32-26(35)15-22-18(2)30-24-13-12-21(36-5)14-23(22)24/h12-14,16,25,29-30H,6-11,15,17H2,1-5H3,(H,28,31)(H,32,35). The smallest absolute Gasteiger partial charge is 0.225 e. The summed E-state index contributed by atoms with van der Waals surface area (Å²) in [6.45, 7) is 4.51. The quantitative estimate of drug-likeness (QED) is 0.186. The SMILES string of the molecule is CCC(=O)CCCCCC(NC(=O)Cc1c(C)[nH]c2ccc(OC)cc12)c1ncc(CNN(C)C)[nH]1. The molecule has 0 fully saturated rings. The molecule has 3 aromatic rings. The predicted octanol–water partition coefficient (Wildman–Crippen LogP) is 4.10. The number of fused-ring (bicyclic) bond motifs is 1. The number of Topliss-reactive ketones (excluding diaryl/α,β-unsaturated/α-hetero) is 1.